The van der Waals surface area contributed by atoms with Crippen LogP contribution in [-0.2, 0) is 10.0 Å². The molecule has 0 fully saturated rings. The van der Waals surface area contributed by atoms with Gasteiger partial charge in [0.15, 0.2) is 0 Å². The molecule has 162 valence electrons. The lowest BCUT2D eigenvalue weighted by molar-refractivity contribution is 0.0935. The number of methoxy groups -OCH3 is 1. The lowest BCUT2D eigenvalue weighted by atomic mass is 10.0. The Balaban J connectivity index is 1.75. The van der Waals surface area contributed by atoms with E-state index in [1.165, 1.54) is 25.3 Å². The van der Waals surface area contributed by atoms with Crippen LogP contribution in [0, 0.1) is 6.92 Å². The van der Waals surface area contributed by atoms with Crippen LogP contribution >= 0.6 is 0 Å². The number of rotatable bonds is 8. The third-order valence-corrected chi connectivity index (χ3v) is 6.34. The summed E-state index contributed by atoms with van der Waals surface area (Å²) in [5.41, 5.74) is 2.87. The number of aryl methyl sites for hydroxylation is 1. The van der Waals surface area contributed by atoms with E-state index < -0.39 is 10.0 Å². The van der Waals surface area contributed by atoms with E-state index in [0.717, 1.165) is 17.5 Å². The molecule has 0 unspecified atom stereocenters. The molecule has 3 aromatic carbocycles. The smallest absolute Gasteiger partial charge is 0.261 e. The van der Waals surface area contributed by atoms with E-state index in [9.17, 15) is 13.2 Å². The molecule has 0 spiro atoms. The summed E-state index contributed by atoms with van der Waals surface area (Å²) in [6.45, 7) is 4.02. The quantitative estimate of drug-likeness (QED) is 0.535. The van der Waals surface area contributed by atoms with Gasteiger partial charge in [0.1, 0.15) is 5.75 Å². The highest BCUT2D eigenvalue weighted by atomic mass is 32.2. The van der Waals surface area contributed by atoms with Gasteiger partial charge < -0.3 is 10.1 Å². The number of amides is 1. The standard InChI is InChI=1S/C24H26N2O4S/c1-4-23(18-10-8-17(2)9-11-18)25-24(27)19-6-5-7-20(16-19)26-31(28,29)22-14-12-21(30-3)13-15-22/h5-16,23,26H,4H2,1-3H3,(H,25,27)/t23-/m1/s1. The van der Waals surface area contributed by atoms with Gasteiger partial charge in [-0.3, -0.25) is 9.52 Å². The Morgan fingerprint density at radius 1 is 1.00 bits per heavy atom. The van der Waals surface area contributed by atoms with E-state index in [2.05, 4.69) is 10.0 Å². The first-order chi connectivity index (χ1) is 14.8. The number of benzene rings is 3. The molecule has 0 aromatic heterocycles. The monoisotopic (exact) mass is 438 g/mol. The zero-order chi connectivity index (χ0) is 22.4. The molecule has 0 aliphatic heterocycles. The van der Waals surface area contributed by atoms with Crippen LogP contribution in [0.4, 0.5) is 5.69 Å². The molecule has 0 radical (unpaired) electrons. The molecule has 0 aliphatic rings. The van der Waals surface area contributed by atoms with Crippen LogP contribution in [0.1, 0.15) is 40.9 Å². The van der Waals surface area contributed by atoms with Crippen molar-refractivity contribution in [2.24, 2.45) is 0 Å². The van der Waals surface area contributed by atoms with Gasteiger partial charge >= 0.3 is 0 Å². The Morgan fingerprint density at radius 3 is 2.29 bits per heavy atom. The van der Waals surface area contributed by atoms with Crippen molar-refractivity contribution in [3.8, 4) is 5.75 Å². The fourth-order valence-corrected chi connectivity index (χ4v) is 4.20. The van der Waals surface area contributed by atoms with Crippen molar-refractivity contribution >= 4 is 21.6 Å². The number of hydrogen-bond acceptors (Lipinski definition) is 4. The highest BCUT2D eigenvalue weighted by Gasteiger charge is 2.17. The van der Waals surface area contributed by atoms with Crippen LogP contribution in [-0.4, -0.2) is 21.4 Å². The maximum Gasteiger partial charge on any atom is 0.261 e. The van der Waals surface area contributed by atoms with Gasteiger partial charge in [0.25, 0.3) is 15.9 Å². The number of carbonyl (C=O) groups is 1. The summed E-state index contributed by atoms with van der Waals surface area (Å²) < 4.78 is 32.9. The molecule has 0 heterocycles. The van der Waals surface area contributed by atoms with Gasteiger partial charge in [-0.1, -0.05) is 42.8 Å². The number of hydrogen-bond donors (Lipinski definition) is 2. The molecule has 1 amide bonds. The van der Waals surface area contributed by atoms with Gasteiger partial charge in [0.05, 0.1) is 18.0 Å². The second-order valence-electron chi connectivity index (χ2n) is 7.21. The van der Waals surface area contributed by atoms with Crippen molar-refractivity contribution in [3.63, 3.8) is 0 Å². The minimum Gasteiger partial charge on any atom is -0.497 e. The van der Waals surface area contributed by atoms with E-state index in [1.807, 2.05) is 38.1 Å². The fourth-order valence-electron chi connectivity index (χ4n) is 3.15. The van der Waals surface area contributed by atoms with Crippen molar-refractivity contribution in [1.82, 2.24) is 5.32 Å². The zero-order valence-corrected chi connectivity index (χ0v) is 18.6. The summed E-state index contributed by atoms with van der Waals surface area (Å²) in [6.07, 6.45) is 0.735. The van der Waals surface area contributed by atoms with Crippen LogP contribution in [0.5, 0.6) is 5.75 Å². The van der Waals surface area contributed by atoms with Gasteiger partial charge in [0.2, 0.25) is 0 Å². The first-order valence-electron chi connectivity index (χ1n) is 9.96. The lowest BCUT2D eigenvalue weighted by Crippen LogP contribution is -2.28. The molecule has 3 rings (SSSR count). The van der Waals surface area contributed by atoms with Gasteiger partial charge in [-0.15, -0.1) is 0 Å². The van der Waals surface area contributed by atoms with E-state index >= 15 is 0 Å². The maximum atomic E-state index is 12.8. The average molecular weight is 439 g/mol. The summed E-state index contributed by atoms with van der Waals surface area (Å²) in [4.78, 5) is 12.9. The van der Waals surface area contributed by atoms with Crippen LogP contribution < -0.4 is 14.8 Å². The molecule has 0 saturated heterocycles. The normalized spacial score (nSPS) is 12.1. The van der Waals surface area contributed by atoms with Gasteiger partial charge in [-0.05, 0) is 61.4 Å². The van der Waals surface area contributed by atoms with Crippen molar-refractivity contribution in [3.05, 3.63) is 89.5 Å². The Labute approximate surface area is 183 Å². The Bertz CT molecular complexity index is 1140. The molecular weight excluding hydrogens is 412 g/mol. The summed E-state index contributed by atoms with van der Waals surface area (Å²) in [5.74, 6) is 0.301. The summed E-state index contributed by atoms with van der Waals surface area (Å²) in [6, 6.07) is 20.4. The van der Waals surface area contributed by atoms with Crippen LogP contribution in [0.3, 0.4) is 0 Å². The third kappa shape index (κ3) is 5.64. The molecular formula is C24H26N2O4S. The molecule has 2 N–H and O–H groups in total. The third-order valence-electron chi connectivity index (χ3n) is 4.94. The molecule has 0 saturated carbocycles. The second kappa shape index (κ2) is 9.66. The maximum absolute atomic E-state index is 12.8. The minimum atomic E-state index is -3.79. The molecule has 6 nitrogen and oxygen atoms in total. The van der Waals surface area contributed by atoms with Crippen LogP contribution in [0.2, 0.25) is 0 Å². The van der Waals surface area contributed by atoms with Crippen molar-refractivity contribution < 1.29 is 17.9 Å². The molecule has 0 aliphatic carbocycles. The Kier molecular flexibility index (Phi) is 6.97. The SMILES string of the molecule is CC[C@@H](NC(=O)c1cccc(NS(=O)(=O)c2ccc(OC)cc2)c1)c1ccc(C)cc1. The van der Waals surface area contributed by atoms with Gasteiger partial charge in [-0.2, -0.15) is 0 Å². The number of sulfonamides is 1. The van der Waals surface area contributed by atoms with Crippen molar-refractivity contribution in [2.75, 3.05) is 11.8 Å². The molecule has 7 heteroatoms. The topological polar surface area (TPSA) is 84.5 Å². The first kappa shape index (κ1) is 22.4. The van der Waals surface area contributed by atoms with E-state index in [0.29, 0.717) is 17.0 Å². The summed E-state index contributed by atoms with van der Waals surface area (Å²) in [5, 5.41) is 3.02. The number of anilines is 1. The largest absolute Gasteiger partial charge is 0.497 e. The van der Waals surface area contributed by atoms with E-state index in [4.69, 9.17) is 4.74 Å². The molecule has 0 bridgehead atoms. The summed E-state index contributed by atoms with van der Waals surface area (Å²) in [7, 11) is -2.28. The number of ether oxygens (including phenoxy) is 1. The highest BCUT2D eigenvalue weighted by molar-refractivity contribution is 7.92. The number of nitrogens with one attached hydrogen (secondary N) is 2. The van der Waals surface area contributed by atoms with E-state index in [1.54, 1.807) is 30.3 Å². The van der Waals surface area contributed by atoms with Crippen molar-refractivity contribution in [1.29, 1.82) is 0 Å². The predicted molar refractivity (Wildman–Crippen MR) is 122 cm³/mol. The summed E-state index contributed by atoms with van der Waals surface area (Å²) >= 11 is 0. The molecule has 1 atom stereocenters. The van der Waals surface area contributed by atoms with Crippen LogP contribution in [0.25, 0.3) is 0 Å². The first-order valence-corrected chi connectivity index (χ1v) is 11.4. The molecule has 3 aromatic rings. The fraction of sp³-hybridized carbons (Fsp3) is 0.208. The minimum absolute atomic E-state index is 0.105. The molecule has 31 heavy (non-hydrogen) atoms. The Morgan fingerprint density at radius 2 is 1.68 bits per heavy atom. The van der Waals surface area contributed by atoms with Gasteiger partial charge in [0, 0.05) is 11.3 Å². The second-order valence-corrected chi connectivity index (χ2v) is 8.89. The van der Waals surface area contributed by atoms with Crippen molar-refractivity contribution in [2.45, 2.75) is 31.2 Å². The van der Waals surface area contributed by atoms with Crippen LogP contribution in [0.15, 0.2) is 77.7 Å². The highest BCUT2D eigenvalue weighted by Crippen LogP contribution is 2.21. The zero-order valence-electron chi connectivity index (χ0n) is 17.8. The lowest BCUT2D eigenvalue weighted by Gasteiger charge is -2.18. The van der Waals surface area contributed by atoms with Gasteiger partial charge in [-0.25, -0.2) is 8.42 Å². The van der Waals surface area contributed by atoms with E-state index in [-0.39, 0.29) is 16.8 Å². The number of carbonyl (C=O) groups excluding carboxylic acids is 1. The average Bonchev–Trinajstić information content (AvgIpc) is 2.78. The Hall–Kier alpha value is -3.32. The predicted octanol–water partition coefficient (Wildman–Crippen LogP) is 4.69.